The zero-order chi connectivity index (χ0) is 44.4. The third-order valence-corrected chi connectivity index (χ3v) is 12.6. The molecule has 1 N–H and O–H groups in total. The first kappa shape index (κ1) is 46.3. The number of nitriles is 1. The van der Waals surface area contributed by atoms with Crippen LogP contribution in [0.2, 0.25) is 0 Å². The van der Waals surface area contributed by atoms with Gasteiger partial charge in [-0.2, -0.15) is 15.2 Å². The molecule has 5 aromatic rings. The Morgan fingerprint density at radius 2 is 1.55 bits per heavy atom. The second-order valence-corrected chi connectivity index (χ2v) is 17.0. The van der Waals surface area contributed by atoms with Gasteiger partial charge in [0.1, 0.15) is 29.4 Å². The molecule has 6 rings (SSSR count). The summed E-state index contributed by atoms with van der Waals surface area (Å²) in [5, 5.41) is 12.3. The normalized spacial score (nSPS) is 17.2. The Morgan fingerprint density at radius 1 is 0.935 bits per heavy atom. The quantitative estimate of drug-likeness (QED) is 0.0423. The molecule has 15 nitrogen and oxygen atoms in total. The maximum absolute atomic E-state index is 12.8. The highest BCUT2D eigenvalue weighted by Crippen LogP contribution is 2.51. The van der Waals surface area contributed by atoms with Crippen LogP contribution >= 0.6 is 8.53 Å². The molecular weight excluding hydrogens is 810 g/mol. The summed E-state index contributed by atoms with van der Waals surface area (Å²) in [4.78, 5) is 26.7. The molecule has 1 fully saturated rings. The molecule has 2 aromatic heterocycles. The van der Waals surface area contributed by atoms with Crippen molar-refractivity contribution in [1.29, 1.82) is 5.26 Å². The summed E-state index contributed by atoms with van der Waals surface area (Å²) < 4.78 is 48.9. The Morgan fingerprint density at radius 3 is 2.10 bits per heavy atom. The first-order valence-corrected chi connectivity index (χ1v) is 22.1. The molecule has 0 spiro atoms. The van der Waals surface area contributed by atoms with Crippen LogP contribution in [0.15, 0.2) is 85.2 Å². The van der Waals surface area contributed by atoms with E-state index in [1.807, 2.05) is 78.2 Å². The van der Waals surface area contributed by atoms with E-state index in [1.165, 1.54) is 0 Å². The minimum absolute atomic E-state index is 0.0673. The average molecular weight is 868 g/mol. The number of ether oxygens (including phenoxy) is 5. The maximum atomic E-state index is 12.8. The van der Waals surface area contributed by atoms with E-state index >= 15 is 0 Å². The van der Waals surface area contributed by atoms with Crippen molar-refractivity contribution in [2.45, 2.75) is 97.4 Å². The van der Waals surface area contributed by atoms with Crippen LogP contribution < -0.4 is 19.5 Å². The van der Waals surface area contributed by atoms with Gasteiger partial charge in [-0.1, -0.05) is 68.4 Å². The summed E-state index contributed by atoms with van der Waals surface area (Å²) in [7, 11) is 1.61. The summed E-state index contributed by atoms with van der Waals surface area (Å²) in [6.45, 7) is 14.4. The second-order valence-electron chi connectivity index (χ2n) is 15.6. The molecule has 0 radical (unpaired) electrons. The van der Waals surface area contributed by atoms with E-state index in [0.29, 0.717) is 35.7 Å². The molecule has 0 saturated carbocycles. The molecule has 1 saturated heterocycles. The molecule has 62 heavy (non-hydrogen) atoms. The number of fused-ring (bicyclic) bond motifs is 1. The Balaban J connectivity index is 1.46. The van der Waals surface area contributed by atoms with Crippen LogP contribution in [0.25, 0.3) is 11.2 Å². The van der Waals surface area contributed by atoms with Gasteiger partial charge in [-0.15, -0.1) is 0 Å². The van der Waals surface area contributed by atoms with Crippen LogP contribution in [0, 0.1) is 17.2 Å². The van der Waals surface area contributed by atoms with Gasteiger partial charge in [-0.25, -0.2) is 9.65 Å². The number of benzene rings is 3. The van der Waals surface area contributed by atoms with Crippen molar-refractivity contribution in [2.24, 2.45) is 5.92 Å². The van der Waals surface area contributed by atoms with Crippen molar-refractivity contribution in [2.75, 3.05) is 39.4 Å². The van der Waals surface area contributed by atoms with Gasteiger partial charge in [-0.3, -0.25) is 14.7 Å². The number of carbonyl (C=O) groups is 1. The third kappa shape index (κ3) is 10.3. The molecule has 16 heteroatoms. The Bertz CT molecular complexity index is 2190. The van der Waals surface area contributed by atoms with Crippen LogP contribution in [-0.4, -0.2) is 88.4 Å². The number of aromatic nitrogens is 4. The summed E-state index contributed by atoms with van der Waals surface area (Å²) in [5.41, 5.74) is 2.34. The number of methoxy groups -OCH3 is 2. The lowest BCUT2D eigenvalue weighted by Crippen LogP contribution is -2.39. The molecule has 3 aromatic carbocycles. The number of hydrogen-bond donors (Lipinski definition) is 1. The topological polar surface area (TPSA) is 164 Å². The molecule has 2 unspecified atom stereocenters. The molecule has 1 aliphatic rings. The average Bonchev–Trinajstić information content (AvgIpc) is 3.88. The molecule has 330 valence electrons. The van der Waals surface area contributed by atoms with Gasteiger partial charge >= 0.3 is 0 Å². The molecule has 0 bridgehead atoms. The maximum Gasteiger partial charge on any atom is 0.259 e. The fraction of sp³-hybridized carbons (Fsp3) is 0.457. The monoisotopic (exact) mass is 867 g/mol. The predicted molar refractivity (Wildman–Crippen MR) is 237 cm³/mol. The zero-order valence-corrected chi connectivity index (χ0v) is 37.9. The summed E-state index contributed by atoms with van der Waals surface area (Å²) in [6, 6.07) is 28.1. The lowest BCUT2D eigenvalue weighted by Gasteiger charge is -2.39. The highest BCUT2D eigenvalue weighted by Gasteiger charge is 2.45. The highest BCUT2D eigenvalue weighted by molar-refractivity contribution is 7.44. The zero-order valence-electron chi connectivity index (χ0n) is 37.0. The SMILES string of the molecule is CCOc1nc(NC(=O)C(C)C)nc2c1ncn2[C@H]1C[C@H](OP(OCCC#N)N(C(C)C)C(C)C)C(COC(c2ccccc2)(c2ccc(OC)cc2)c2ccc(OC)cc2)O1. The Hall–Kier alpha value is -5.20. The minimum Gasteiger partial charge on any atom is -0.497 e. The van der Waals surface area contributed by atoms with Crippen molar-refractivity contribution in [3.63, 3.8) is 0 Å². The molecular formula is C46H58N7O8P. The lowest BCUT2D eigenvalue weighted by molar-refractivity contribution is -0.118. The largest absolute Gasteiger partial charge is 0.497 e. The molecule has 3 heterocycles. The standard InChI is InChI=1S/C46H58N7O8P/c1-10-57-44-41-42(49-45(51-44)50-43(54)30(2)3)52(29-48-41)40-27-38(61-62(59-26-14-25-47)53(31(4)5)32(6)7)39(60-40)28-58-46(33-15-12-11-13-16-33,34-17-21-36(55-8)22-18-34)35-19-23-37(56-9)24-20-35/h11-13,15-24,29-32,38-40H,10,14,26-28H2,1-9H3,(H,49,50,51,54)/t38-,39?,40+,62?/m0/s1. The number of nitrogens with one attached hydrogen (secondary N) is 1. The fourth-order valence-corrected chi connectivity index (χ4v) is 9.23. The van der Waals surface area contributed by atoms with Gasteiger partial charge in [0.05, 0.1) is 59.0 Å². The van der Waals surface area contributed by atoms with E-state index < -0.39 is 32.6 Å². The van der Waals surface area contributed by atoms with Crippen LogP contribution in [0.3, 0.4) is 0 Å². The smallest absolute Gasteiger partial charge is 0.259 e. The number of hydrogen-bond acceptors (Lipinski definition) is 13. The minimum atomic E-state index is -1.68. The number of anilines is 1. The van der Waals surface area contributed by atoms with E-state index in [0.717, 1.165) is 16.7 Å². The molecule has 1 amide bonds. The number of imidazole rings is 1. The van der Waals surface area contributed by atoms with E-state index in [-0.39, 0.29) is 55.4 Å². The van der Waals surface area contributed by atoms with Gasteiger partial charge in [0.25, 0.3) is 8.53 Å². The van der Waals surface area contributed by atoms with Crippen molar-refractivity contribution in [3.8, 4) is 23.4 Å². The Kier molecular flexibility index (Phi) is 15.9. The summed E-state index contributed by atoms with van der Waals surface area (Å²) >= 11 is 0. The van der Waals surface area contributed by atoms with E-state index in [9.17, 15) is 10.1 Å². The number of rotatable bonds is 21. The van der Waals surface area contributed by atoms with E-state index in [1.54, 1.807) is 34.4 Å². The fourth-order valence-electron chi connectivity index (χ4n) is 7.47. The van der Waals surface area contributed by atoms with Crippen LogP contribution in [0.4, 0.5) is 5.95 Å². The predicted octanol–water partition coefficient (Wildman–Crippen LogP) is 8.79. The number of carbonyl (C=O) groups excluding carboxylic acids is 1. The Labute approximate surface area is 365 Å². The van der Waals surface area contributed by atoms with Crippen molar-refractivity contribution < 1.29 is 37.5 Å². The highest BCUT2D eigenvalue weighted by atomic mass is 31.2. The van der Waals surface area contributed by atoms with Crippen molar-refractivity contribution in [1.82, 2.24) is 24.2 Å². The van der Waals surface area contributed by atoms with Gasteiger partial charge in [0.2, 0.25) is 17.7 Å². The summed E-state index contributed by atoms with van der Waals surface area (Å²) in [6.07, 6.45) is 0.340. The first-order valence-electron chi connectivity index (χ1n) is 21.0. The van der Waals surface area contributed by atoms with Crippen LogP contribution in [0.1, 0.15) is 84.2 Å². The van der Waals surface area contributed by atoms with Gasteiger partial charge in [0.15, 0.2) is 11.2 Å². The van der Waals surface area contributed by atoms with Crippen molar-refractivity contribution in [3.05, 3.63) is 102 Å². The van der Waals surface area contributed by atoms with Crippen molar-refractivity contribution >= 4 is 31.5 Å². The molecule has 4 atom stereocenters. The van der Waals surface area contributed by atoms with Gasteiger partial charge in [-0.05, 0) is 75.6 Å². The first-order chi connectivity index (χ1) is 29.9. The van der Waals surface area contributed by atoms with E-state index in [2.05, 4.69) is 65.9 Å². The lowest BCUT2D eigenvalue weighted by atomic mass is 9.80. The second kappa shape index (κ2) is 21.3. The van der Waals surface area contributed by atoms with Gasteiger partial charge < -0.3 is 32.7 Å². The number of amides is 1. The van der Waals surface area contributed by atoms with Crippen LogP contribution in [0.5, 0.6) is 17.4 Å². The van der Waals surface area contributed by atoms with E-state index in [4.69, 9.17) is 37.7 Å². The number of nitrogens with zero attached hydrogens (tertiary/aromatic N) is 6. The third-order valence-electron chi connectivity index (χ3n) is 10.4. The molecule has 0 aliphatic carbocycles. The summed E-state index contributed by atoms with van der Waals surface area (Å²) in [5.74, 6) is 1.22. The van der Waals surface area contributed by atoms with Crippen LogP contribution in [-0.2, 0) is 28.9 Å². The van der Waals surface area contributed by atoms with Gasteiger partial charge in [0, 0.05) is 24.4 Å². The molecule has 1 aliphatic heterocycles.